The van der Waals surface area contributed by atoms with Crippen LogP contribution in [0.1, 0.15) is 38.5 Å². The molecule has 3 aromatic heterocycles. The van der Waals surface area contributed by atoms with Crippen molar-refractivity contribution in [2.45, 2.75) is 56.8 Å². The van der Waals surface area contributed by atoms with Gasteiger partial charge in [0.25, 0.3) is 5.88 Å². The van der Waals surface area contributed by atoms with E-state index in [1.54, 1.807) is 0 Å². The van der Waals surface area contributed by atoms with E-state index >= 15 is 0 Å². The highest BCUT2D eigenvalue weighted by molar-refractivity contribution is 6.31. The third-order valence-corrected chi connectivity index (χ3v) is 5.27. The predicted molar refractivity (Wildman–Crippen MR) is 138 cm³/mol. The van der Waals surface area contributed by atoms with E-state index in [9.17, 15) is 33.4 Å². The van der Waals surface area contributed by atoms with Crippen LogP contribution in [0.2, 0.25) is 5.15 Å². The van der Waals surface area contributed by atoms with Crippen LogP contribution in [0.15, 0.2) is 36.8 Å². The molecule has 0 aromatic carbocycles. The minimum absolute atomic E-state index is 0.00617. The number of hydrogen-bond donors (Lipinski definition) is 2. The molecule has 0 radical (unpaired) electrons. The van der Waals surface area contributed by atoms with E-state index in [4.69, 9.17) is 31.9 Å². The highest BCUT2D eigenvalue weighted by Gasteiger charge is 2.28. The maximum absolute atomic E-state index is 12.6. The molecule has 17 heteroatoms. The first kappa shape index (κ1) is 31.2. The van der Waals surface area contributed by atoms with Crippen LogP contribution in [-0.4, -0.2) is 48.2 Å². The molecular formula is C24H24ClF3N6O7. The van der Waals surface area contributed by atoms with Crippen LogP contribution >= 0.6 is 11.6 Å². The summed E-state index contributed by atoms with van der Waals surface area (Å²) in [5, 5.41) is 28.4. The number of aromatic nitrogens is 3. The van der Waals surface area contributed by atoms with Gasteiger partial charge in [0, 0.05) is 6.07 Å². The molecule has 0 amide bonds. The van der Waals surface area contributed by atoms with Gasteiger partial charge < -0.3 is 20.3 Å². The van der Waals surface area contributed by atoms with Crippen molar-refractivity contribution in [3.05, 3.63) is 79.6 Å². The Morgan fingerprint density at radius 2 is 1.20 bits per heavy atom. The van der Waals surface area contributed by atoms with E-state index < -0.39 is 38.7 Å². The summed E-state index contributed by atoms with van der Waals surface area (Å²) in [5.41, 5.74) is 4.79. The number of aliphatic hydroxyl groups is 1. The monoisotopic (exact) mass is 600 g/mol. The van der Waals surface area contributed by atoms with E-state index in [1.807, 2.05) is 0 Å². The number of anilines is 1. The quantitative estimate of drug-likeness (QED) is 0.221. The van der Waals surface area contributed by atoms with Gasteiger partial charge in [0.05, 0.1) is 52.4 Å². The Labute approximate surface area is 235 Å². The lowest BCUT2D eigenvalue weighted by molar-refractivity contribution is -0.386. The minimum atomic E-state index is -0.793. The van der Waals surface area contributed by atoms with Crippen molar-refractivity contribution < 1.29 is 37.6 Å². The number of nitrogens with two attached hydrogens (primary N) is 1. The number of hydrogen-bond acceptors (Lipinski definition) is 11. The van der Waals surface area contributed by atoms with Gasteiger partial charge in [-0.15, -0.1) is 0 Å². The third kappa shape index (κ3) is 11.4. The summed E-state index contributed by atoms with van der Waals surface area (Å²) in [6.07, 6.45) is 9.06. The number of nitro groups is 2. The van der Waals surface area contributed by atoms with Crippen molar-refractivity contribution in [2.75, 3.05) is 5.73 Å². The van der Waals surface area contributed by atoms with E-state index in [2.05, 4.69) is 15.0 Å². The zero-order valence-corrected chi connectivity index (χ0v) is 21.9. The molecule has 0 unspecified atom stereocenters. The van der Waals surface area contributed by atoms with Crippen molar-refractivity contribution in [3.8, 4) is 11.8 Å². The first-order valence-electron chi connectivity index (χ1n) is 12.1. The van der Waals surface area contributed by atoms with Crippen molar-refractivity contribution in [1.29, 1.82) is 0 Å². The smallest absolute Gasteiger partial charge is 0.333 e. The van der Waals surface area contributed by atoms with Gasteiger partial charge in [-0.3, -0.25) is 20.2 Å². The number of halogens is 4. The van der Waals surface area contributed by atoms with Gasteiger partial charge >= 0.3 is 11.4 Å². The van der Waals surface area contributed by atoms with Crippen molar-refractivity contribution in [2.24, 2.45) is 0 Å². The number of nitrogen functional groups attached to an aromatic ring is 1. The van der Waals surface area contributed by atoms with Crippen molar-refractivity contribution in [3.63, 3.8) is 0 Å². The topological polar surface area (TPSA) is 190 Å². The second kappa shape index (κ2) is 14.4. The molecule has 0 aliphatic heterocycles. The van der Waals surface area contributed by atoms with E-state index in [0.29, 0.717) is 5.88 Å². The fourth-order valence-electron chi connectivity index (χ4n) is 2.48. The van der Waals surface area contributed by atoms with Gasteiger partial charge in [-0.25, -0.2) is 28.1 Å². The molecule has 3 fully saturated rings. The molecule has 3 saturated carbocycles. The molecule has 0 spiro atoms. The lowest BCUT2D eigenvalue weighted by atomic mass is 10.4. The van der Waals surface area contributed by atoms with Gasteiger partial charge in [-0.05, 0) is 38.5 Å². The van der Waals surface area contributed by atoms with Crippen LogP contribution in [0.5, 0.6) is 11.8 Å². The molecule has 0 bridgehead atoms. The fraction of sp³-hybridized carbons (Fsp3) is 0.375. The number of rotatable bonds is 6. The Balaban J connectivity index is 0.000000159. The van der Waals surface area contributed by atoms with Crippen LogP contribution in [0.3, 0.4) is 0 Å². The molecule has 3 aromatic rings. The largest absolute Gasteiger partial charge is 0.473 e. The Morgan fingerprint density at radius 1 is 0.780 bits per heavy atom. The average molecular weight is 601 g/mol. The highest BCUT2D eigenvalue weighted by Crippen LogP contribution is 2.32. The molecule has 0 atom stereocenters. The van der Waals surface area contributed by atoms with E-state index in [-0.39, 0.29) is 35.0 Å². The van der Waals surface area contributed by atoms with E-state index in [1.165, 1.54) is 6.07 Å². The predicted octanol–water partition coefficient (Wildman–Crippen LogP) is 4.94. The molecule has 41 heavy (non-hydrogen) atoms. The number of aliphatic hydroxyl groups excluding tert-OH is 1. The first-order chi connectivity index (χ1) is 19.4. The zero-order chi connectivity index (χ0) is 30.1. The number of pyridine rings is 3. The highest BCUT2D eigenvalue weighted by atomic mass is 35.5. The van der Waals surface area contributed by atoms with Crippen LogP contribution < -0.4 is 15.2 Å². The molecule has 3 aliphatic rings. The first-order valence-corrected chi connectivity index (χ1v) is 12.5. The van der Waals surface area contributed by atoms with Crippen LogP contribution in [0.4, 0.5) is 30.2 Å². The van der Waals surface area contributed by atoms with Crippen LogP contribution in [0.25, 0.3) is 0 Å². The molecule has 6 rings (SSSR count). The number of ether oxygens (including phenoxy) is 2. The molecular weight excluding hydrogens is 577 g/mol. The Morgan fingerprint density at radius 3 is 1.61 bits per heavy atom. The second-order valence-electron chi connectivity index (χ2n) is 8.87. The molecule has 3 N–H and O–H groups in total. The summed E-state index contributed by atoms with van der Waals surface area (Å²) in [6, 6.07) is 2.74. The minimum Gasteiger partial charge on any atom is -0.473 e. The van der Waals surface area contributed by atoms with Crippen LogP contribution in [0, 0.1) is 37.7 Å². The summed E-state index contributed by atoms with van der Waals surface area (Å²) in [7, 11) is 0. The van der Waals surface area contributed by atoms with Gasteiger partial charge in [-0.1, -0.05) is 11.6 Å². The fourth-order valence-corrected chi connectivity index (χ4v) is 2.65. The van der Waals surface area contributed by atoms with E-state index in [0.717, 1.165) is 69.2 Å². The maximum atomic E-state index is 12.6. The molecule has 13 nitrogen and oxygen atoms in total. The molecule has 0 saturated heterocycles. The maximum Gasteiger partial charge on any atom is 0.333 e. The summed E-state index contributed by atoms with van der Waals surface area (Å²) in [4.78, 5) is 29.6. The molecule has 3 aliphatic carbocycles. The second-order valence-corrected chi connectivity index (χ2v) is 9.23. The number of nitrogens with zero attached hydrogens (tertiary/aromatic N) is 5. The average Bonchev–Trinajstić information content (AvgIpc) is 3.75. The Hall–Kier alpha value is -4.31. The zero-order valence-electron chi connectivity index (χ0n) is 21.2. The van der Waals surface area contributed by atoms with Crippen molar-refractivity contribution >= 4 is 28.7 Å². The van der Waals surface area contributed by atoms with Gasteiger partial charge in [0.1, 0.15) is 29.7 Å². The lowest BCUT2D eigenvalue weighted by Crippen LogP contribution is -2.02. The summed E-state index contributed by atoms with van der Waals surface area (Å²) < 4.78 is 47.9. The summed E-state index contributed by atoms with van der Waals surface area (Å²) >= 11 is 5.27. The van der Waals surface area contributed by atoms with Gasteiger partial charge in [0.2, 0.25) is 11.0 Å². The Kier molecular flexibility index (Phi) is 10.9. The SMILES string of the molecule is Nc1cc(F)cnc1OC1CC1.O=[N+]([O-])c1cc(F)cnc1Cl.O=[N+]([O-])c1cc(F)cnc1OC1CC1.OC1CC1. The van der Waals surface area contributed by atoms with Gasteiger partial charge in [-0.2, -0.15) is 0 Å². The molecule has 220 valence electrons. The lowest BCUT2D eigenvalue weighted by Gasteiger charge is -2.04. The normalized spacial score (nSPS) is 15.0. The van der Waals surface area contributed by atoms with Crippen molar-refractivity contribution in [1.82, 2.24) is 15.0 Å². The standard InChI is InChI=1S/C8H7FN2O3.C8H9FN2O.C5H2ClFN2O2.C3H6O/c9-5-3-7(11(12)13)8(10-4-5)14-6-1-2-6;9-5-3-7(10)8(11-4-5)12-6-1-2-6;6-5-4(9(10)11)1-3(7)2-8-5;4-3-1-2-3/h3-4,6H,1-2H2;3-4,6H,1-2,10H2;1-2H;3-4H,1-2H2. The Bertz CT molecular complexity index is 1380. The summed E-state index contributed by atoms with van der Waals surface area (Å²) in [5.74, 6) is -1.70. The van der Waals surface area contributed by atoms with Gasteiger partial charge in [0.15, 0.2) is 0 Å². The van der Waals surface area contributed by atoms with Crippen LogP contribution in [-0.2, 0) is 0 Å². The summed E-state index contributed by atoms with van der Waals surface area (Å²) in [6.45, 7) is 0. The molecule has 3 heterocycles. The third-order valence-electron chi connectivity index (χ3n) is 4.98.